The van der Waals surface area contributed by atoms with Gasteiger partial charge in [0.25, 0.3) is 5.91 Å². The van der Waals surface area contributed by atoms with Gasteiger partial charge < -0.3 is 25.0 Å². The van der Waals surface area contributed by atoms with Gasteiger partial charge in [-0.05, 0) is 38.3 Å². The Morgan fingerprint density at radius 2 is 1.79 bits per heavy atom. The topological polar surface area (TPSA) is 144 Å². The third-order valence-electron chi connectivity index (χ3n) is 5.75. The van der Waals surface area contributed by atoms with Gasteiger partial charge >= 0.3 is 19.1 Å². The van der Waals surface area contributed by atoms with E-state index >= 15 is 0 Å². The molecule has 2 heterocycles. The van der Waals surface area contributed by atoms with Crippen LogP contribution in [0.4, 0.5) is 0 Å². The van der Waals surface area contributed by atoms with Gasteiger partial charge in [0, 0.05) is 5.56 Å². The molecule has 1 fully saturated rings. The second-order valence-electron chi connectivity index (χ2n) is 9.46. The van der Waals surface area contributed by atoms with E-state index in [9.17, 15) is 24.3 Å². The van der Waals surface area contributed by atoms with Crippen LogP contribution in [0.3, 0.4) is 0 Å². The van der Waals surface area contributed by atoms with E-state index in [2.05, 4.69) is 15.6 Å². The van der Waals surface area contributed by atoms with E-state index in [1.54, 1.807) is 19.1 Å². The summed E-state index contributed by atoms with van der Waals surface area (Å²) >= 11 is 1.10. The second-order valence-corrected chi connectivity index (χ2v) is 10.8. The average molecular weight is 541 g/mol. The number of aromatic nitrogens is 1. The lowest BCUT2D eigenvalue weighted by Gasteiger charge is -2.29. The summed E-state index contributed by atoms with van der Waals surface area (Å²) in [5, 5.41) is 15.0. The fourth-order valence-electron chi connectivity index (χ4n) is 3.79. The molecule has 1 aromatic heterocycles. The number of nitrogens with zero attached hydrogens (tertiary/aromatic N) is 1. The highest BCUT2D eigenvalue weighted by Crippen LogP contribution is 2.20. The van der Waals surface area contributed by atoms with Crippen LogP contribution in [-0.2, 0) is 23.7 Å². The number of hydrogen-bond acceptors (Lipinski definition) is 9. The van der Waals surface area contributed by atoms with Crippen molar-refractivity contribution in [2.75, 3.05) is 5.75 Å². The van der Waals surface area contributed by atoms with Gasteiger partial charge in [-0.15, -0.1) is 11.8 Å². The summed E-state index contributed by atoms with van der Waals surface area (Å²) in [4.78, 5) is 55.2. The third-order valence-corrected chi connectivity index (χ3v) is 6.84. The summed E-state index contributed by atoms with van der Waals surface area (Å²) in [6.07, 6.45) is -0.963. The van der Waals surface area contributed by atoms with E-state index < -0.39 is 54.2 Å². The van der Waals surface area contributed by atoms with Crippen LogP contribution in [0.5, 0.6) is 0 Å². The van der Waals surface area contributed by atoms with Crippen LogP contribution in [-0.4, -0.2) is 70.1 Å². The molecule has 38 heavy (non-hydrogen) atoms. The number of rotatable bonds is 9. The minimum absolute atomic E-state index is 0.0273. The highest BCUT2D eigenvalue weighted by atomic mass is 32.2. The monoisotopic (exact) mass is 541 g/mol. The largest absolute Gasteiger partial charge is 0.622 e. The van der Waals surface area contributed by atoms with Crippen LogP contribution in [0.2, 0.25) is 0 Å². The molecule has 0 spiro atoms. The third kappa shape index (κ3) is 8.06. The van der Waals surface area contributed by atoms with Crippen molar-refractivity contribution in [1.82, 2.24) is 15.6 Å². The first kappa shape index (κ1) is 29.2. The molecule has 3 N–H and O–H groups in total. The van der Waals surface area contributed by atoms with Crippen molar-refractivity contribution in [3.05, 3.63) is 54.2 Å². The molecule has 202 valence electrons. The Morgan fingerprint density at radius 1 is 1.08 bits per heavy atom. The molecule has 10 nitrogen and oxygen atoms in total. The van der Waals surface area contributed by atoms with Gasteiger partial charge in [-0.2, -0.15) is 0 Å². The van der Waals surface area contributed by atoms with E-state index in [1.807, 2.05) is 44.2 Å². The maximum Gasteiger partial charge on any atom is 0.622 e. The molecule has 2 aromatic rings. The molecule has 0 radical (unpaired) electrons. The lowest BCUT2D eigenvalue weighted by Crippen LogP contribution is -2.59. The maximum atomic E-state index is 13.3. The molecule has 12 heteroatoms. The molecule has 1 unspecified atom stereocenters. The minimum atomic E-state index is -1.35. The summed E-state index contributed by atoms with van der Waals surface area (Å²) in [5.74, 6) is -3.43. The summed E-state index contributed by atoms with van der Waals surface area (Å²) < 4.78 is 10.7. The zero-order chi connectivity index (χ0) is 27.8. The molecule has 0 aliphatic carbocycles. The van der Waals surface area contributed by atoms with Gasteiger partial charge in [-0.3, -0.25) is 19.2 Å². The Kier molecular flexibility index (Phi) is 10.3. The Bertz CT molecular complexity index is 1150. The number of nitrogens with one attached hydrogen (secondary N) is 2. The van der Waals surface area contributed by atoms with E-state index in [1.165, 1.54) is 13.0 Å². The molecule has 4 atom stereocenters. The van der Waals surface area contributed by atoms with Crippen molar-refractivity contribution in [3.63, 3.8) is 0 Å². The van der Waals surface area contributed by atoms with Gasteiger partial charge in [0.2, 0.25) is 5.91 Å². The van der Waals surface area contributed by atoms with Crippen molar-refractivity contribution in [1.29, 1.82) is 0 Å². The molecule has 0 bridgehead atoms. The van der Waals surface area contributed by atoms with Crippen molar-refractivity contribution in [3.8, 4) is 11.3 Å². The number of aliphatic hydroxyl groups excluding tert-OH is 1. The van der Waals surface area contributed by atoms with Crippen molar-refractivity contribution >= 4 is 42.6 Å². The lowest BCUT2D eigenvalue weighted by molar-refractivity contribution is -0.140. The van der Waals surface area contributed by atoms with Crippen LogP contribution < -0.4 is 10.6 Å². The fraction of sp³-hybridized carbons (Fsp3) is 0.423. The molecule has 1 aromatic carbocycles. The van der Waals surface area contributed by atoms with Crippen LogP contribution in [0.25, 0.3) is 11.3 Å². The summed E-state index contributed by atoms with van der Waals surface area (Å²) in [6.45, 7) is 6.77. The van der Waals surface area contributed by atoms with Crippen LogP contribution in [0.1, 0.15) is 44.6 Å². The van der Waals surface area contributed by atoms with Gasteiger partial charge in [0.1, 0.15) is 11.7 Å². The molecule has 0 saturated carbocycles. The Morgan fingerprint density at radius 3 is 2.45 bits per heavy atom. The molecule has 1 aliphatic rings. The number of pyridine rings is 1. The van der Waals surface area contributed by atoms with Crippen molar-refractivity contribution < 1.29 is 33.6 Å². The fourth-order valence-corrected chi connectivity index (χ4v) is 4.44. The quantitative estimate of drug-likeness (QED) is 0.406. The minimum Gasteiger partial charge on any atom is -0.497 e. The summed E-state index contributed by atoms with van der Waals surface area (Å²) in [7, 11) is -1.35. The van der Waals surface area contributed by atoms with Gasteiger partial charge in [-0.25, -0.2) is 4.98 Å². The first-order valence-corrected chi connectivity index (χ1v) is 13.4. The predicted octanol–water partition coefficient (Wildman–Crippen LogP) is 2.01. The number of benzene rings is 1. The average Bonchev–Trinajstić information content (AvgIpc) is 2.88. The second kappa shape index (κ2) is 13.4. The SMILES string of the molecule is CC(C)C[C@H](NC(=O)[C@@H](NC(=O)c1cccc(-c2ccccc2)n1)[C@@H](C)O)B1OC(=O)CSC(C)C(=O)O1. The number of carbonyl (C=O) groups excluding carboxylic acids is 4. The summed E-state index contributed by atoms with van der Waals surface area (Å²) in [6, 6.07) is 12.9. The van der Waals surface area contributed by atoms with E-state index in [4.69, 9.17) is 9.31 Å². The number of aliphatic hydroxyl groups is 1. The van der Waals surface area contributed by atoms with E-state index in [0.717, 1.165) is 17.3 Å². The zero-order valence-corrected chi connectivity index (χ0v) is 22.6. The molecule has 2 amide bonds. The van der Waals surface area contributed by atoms with Crippen LogP contribution in [0.15, 0.2) is 48.5 Å². The molecular weight excluding hydrogens is 509 g/mol. The van der Waals surface area contributed by atoms with Crippen LogP contribution in [0, 0.1) is 5.92 Å². The number of hydrogen-bond donors (Lipinski definition) is 3. The summed E-state index contributed by atoms with van der Waals surface area (Å²) in [5.41, 5.74) is 1.46. The van der Waals surface area contributed by atoms with Gasteiger partial charge in [-0.1, -0.05) is 50.2 Å². The van der Waals surface area contributed by atoms with E-state index in [-0.39, 0.29) is 17.4 Å². The standard InChI is InChI=1S/C26H32BN3O7S/c1-15(2)13-21(27-36-22(32)14-38-17(4)26(35)37-27)29-25(34)23(16(3)31)30-24(33)20-12-8-11-19(28-20)18-9-6-5-7-10-18/h5-12,15-17,21,23,31H,13-14H2,1-4H3,(H,29,34)(H,30,33)/t16-,17?,21+,23+/m1/s1. The highest BCUT2D eigenvalue weighted by Gasteiger charge is 2.43. The first-order chi connectivity index (χ1) is 18.0. The highest BCUT2D eigenvalue weighted by molar-refractivity contribution is 8.01. The molecular formula is C26H32BN3O7S. The van der Waals surface area contributed by atoms with Crippen molar-refractivity contribution in [2.45, 2.75) is 57.5 Å². The molecule has 3 rings (SSSR count). The Labute approximate surface area is 226 Å². The molecule has 1 saturated heterocycles. The Balaban J connectivity index is 1.77. The van der Waals surface area contributed by atoms with Crippen molar-refractivity contribution in [2.24, 2.45) is 5.92 Å². The van der Waals surface area contributed by atoms with Gasteiger partial charge in [0.05, 0.1) is 28.7 Å². The maximum absolute atomic E-state index is 13.3. The smallest absolute Gasteiger partial charge is 0.497 e. The number of amides is 2. The van der Waals surface area contributed by atoms with Crippen LogP contribution >= 0.6 is 11.8 Å². The first-order valence-electron chi connectivity index (χ1n) is 12.4. The predicted molar refractivity (Wildman–Crippen MR) is 144 cm³/mol. The number of carbonyl (C=O) groups is 4. The van der Waals surface area contributed by atoms with E-state index in [0.29, 0.717) is 12.1 Å². The molecule has 1 aliphatic heterocycles. The number of thioether (sulfide) groups is 1. The zero-order valence-electron chi connectivity index (χ0n) is 21.7. The Hall–Kier alpha value is -3.38. The normalized spacial score (nSPS) is 18.4. The lowest BCUT2D eigenvalue weighted by atomic mass is 9.73. The van der Waals surface area contributed by atoms with Gasteiger partial charge in [0.15, 0.2) is 0 Å².